The number of ether oxygens (including phenoxy) is 2. The molecule has 1 rings (SSSR count). The van der Waals surface area contributed by atoms with Crippen LogP contribution in [0.1, 0.15) is 10.4 Å². The lowest BCUT2D eigenvalue weighted by Crippen LogP contribution is -2.34. The van der Waals surface area contributed by atoms with E-state index in [9.17, 15) is 24.5 Å². The molecule has 0 heterocycles. The van der Waals surface area contributed by atoms with Gasteiger partial charge in [0, 0.05) is 31.4 Å². The van der Waals surface area contributed by atoms with Gasteiger partial charge < -0.3 is 20.1 Å². The number of hydrogen-bond acceptors (Lipinski definition) is 7. The van der Waals surface area contributed by atoms with Gasteiger partial charge in [0.05, 0.1) is 11.5 Å². The second kappa shape index (κ2) is 9.90. The van der Waals surface area contributed by atoms with Crippen LogP contribution in [0, 0.1) is 10.1 Å². The molecule has 0 saturated heterocycles. The van der Waals surface area contributed by atoms with E-state index >= 15 is 0 Å². The molecule has 1 aromatic carbocycles. The molecule has 0 saturated carbocycles. The van der Waals surface area contributed by atoms with E-state index < -0.39 is 35.9 Å². The number of nitro benzene ring substituents is 1. The maximum Gasteiger partial charge on any atom is 0.325 e. The molecule has 2 N–H and O–H groups in total. The van der Waals surface area contributed by atoms with Crippen LogP contribution in [0.4, 0.5) is 5.69 Å². The highest BCUT2D eigenvalue weighted by Crippen LogP contribution is 2.12. The summed E-state index contributed by atoms with van der Waals surface area (Å²) in [5.41, 5.74) is -0.202. The first-order chi connectivity index (χ1) is 11.4. The minimum atomic E-state index is -0.810. The lowest BCUT2D eigenvalue weighted by Gasteiger charge is -2.07. The minimum Gasteiger partial charge on any atom is -0.454 e. The van der Waals surface area contributed by atoms with Crippen LogP contribution >= 0.6 is 0 Å². The van der Waals surface area contributed by atoms with Crippen molar-refractivity contribution < 1.29 is 28.8 Å². The van der Waals surface area contributed by atoms with Crippen molar-refractivity contribution in [2.24, 2.45) is 0 Å². The van der Waals surface area contributed by atoms with Gasteiger partial charge in [0.2, 0.25) is 0 Å². The van der Waals surface area contributed by atoms with Crippen molar-refractivity contribution in [1.29, 1.82) is 0 Å². The molecule has 0 aliphatic carbocycles. The third-order valence-corrected chi connectivity index (χ3v) is 2.71. The molecule has 0 aromatic heterocycles. The highest BCUT2D eigenvalue weighted by atomic mass is 16.6. The smallest absolute Gasteiger partial charge is 0.325 e. The summed E-state index contributed by atoms with van der Waals surface area (Å²) in [5, 5.41) is 15.3. The molecule has 0 fully saturated rings. The van der Waals surface area contributed by atoms with E-state index in [1.807, 2.05) is 0 Å². The molecule has 0 aliphatic heterocycles. The Hall–Kier alpha value is -3.01. The van der Waals surface area contributed by atoms with Gasteiger partial charge in [-0.3, -0.25) is 24.5 Å². The molecule has 0 atom stereocenters. The van der Waals surface area contributed by atoms with Gasteiger partial charge >= 0.3 is 5.97 Å². The quantitative estimate of drug-likeness (QED) is 0.271. The van der Waals surface area contributed by atoms with Crippen molar-refractivity contribution in [3.8, 4) is 0 Å². The normalized spacial score (nSPS) is 9.88. The molecule has 2 amide bonds. The number of nitro groups is 1. The fourth-order valence-electron chi connectivity index (χ4n) is 1.56. The van der Waals surface area contributed by atoms with E-state index in [4.69, 9.17) is 4.74 Å². The topological polar surface area (TPSA) is 137 Å². The van der Waals surface area contributed by atoms with Gasteiger partial charge in [0.25, 0.3) is 17.5 Å². The van der Waals surface area contributed by atoms with Crippen molar-refractivity contribution in [3.05, 3.63) is 39.9 Å². The van der Waals surface area contributed by atoms with Crippen LogP contribution in [-0.4, -0.2) is 56.1 Å². The SMILES string of the molecule is COCCNC(=O)COC(=O)CNC(=O)c1cccc([N+](=O)[O-])c1. The van der Waals surface area contributed by atoms with E-state index in [1.54, 1.807) is 0 Å². The average Bonchev–Trinajstić information content (AvgIpc) is 2.58. The zero-order valence-corrected chi connectivity index (χ0v) is 12.9. The van der Waals surface area contributed by atoms with E-state index in [0.717, 1.165) is 6.07 Å². The van der Waals surface area contributed by atoms with Crippen molar-refractivity contribution in [1.82, 2.24) is 10.6 Å². The lowest BCUT2D eigenvalue weighted by atomic mass is 10.2. The maximum absolute atomic E-state index is 11.8. The third kappa shape index (κ3) is 6.83. The summed E-state index contributed by atoms with van der Waals surface area (Å²) >= 11 is 0. The summed E-state index contributed by atoms with van der Waals surface area (Å²) in [6.45, 7) is -0.322. The number of nitrogens with zero attached hydrogens (tertiary/aromatic N) is 1. The monoisotopic (exact) mass is 339 g/mol. The highest BCUT2D eigenvalue weighted by molar-refractivity contribution is 5.96. The largest absolute Gasteiger partial charge is 0.454 e. The summed E-state index contributed by atoms with van der Waals surface area (Å²) < 4.78 is 9.40. The second-order valence-corrected chi connectivity index (χ2v) is 4.49. The molecule has 1 aromatic rings. The van der Waals surface area contributed by atoms with Crippen LogP contribution in [-0.2, 0) is 19.1 Å². The number of non-ortho nitro benzene ring substituents is 1. The minimum absolute atomic E-state index is 0.0364. The summed E-state index contributed by atoms with van der Waals surface area (Å²) in [7, 11) is 1.48. The van der Waals surface area contributed by atoms with Gasteiger partial charge in [-0.05, 0) is 6.07 Å². The number of carbonyl (C=O) groups is 3. The van der Waals surface area contributed by atoms with Crippen LogP contribution in [0.5, 0.6) is 0 Å². The number of esters is 1. The predicted octanol–water partition coefficient (Wildman–Crippen LogP) is -0.370. The number of amides is 2. The number of benzene rings is 1. The lowest BCUT2D eigenvalue weighted by molar-refractivity contribution is -0.384. The van der Waals surface area contributed by atoms with Gasteiger partial charge in [-0.2, -0.15) is 0 Å². The van der Waals surface area contributed by atoms with Gasteiger partial charge in [-0.15, -0.1) is 0 Å². The first-order valence-electron chi connectivity index (χ1n) is 6.88. The number of carbonyl (C=O) groups excluding carboxylic acids is 3. The number of rotatable bonds is 9. The van der Waals surface area contributed by atoms with Crippen LogP contribution < -0.4 is 10.6 Å². The van der Waals surface area contributed by atoms with Crippen molar-refractivity contribution in [2.75, 3.05) is 33.4 Å². The van der Waals surface area contributed by atoms with Crippen molar-refractivity contribution in [3.63, 3.8) is 0 Å². The fourth-order valence-corrected chi connectivity index (χ4v) is 1.56. The number of methoxy groups -OCH3 is 1. The van der Waals surface area contributed by atoms with Gasteiger partial charge in [0.15, 0.2) is 6.61 Å². The van der Waals surface area contributed by atoms with Crippen LogP contribution in [0.2, 0.25) is 0 Å². The predicted molar refractivity (Wildman–Crippen MR) is 81.3 cm³/mol. The van der Waals surface area contributed by atoms with Crippen LogP contribution in [0.15, 0.2) is 24.3 Å². The first kappa shape index (κ1) is 19.0. The van der Waals surface area contributed by atoms with E-state index in [-0.39, 0.29) is 17.8 Å². The summed E-state index contributed by atoms with van der Waals surface area (Å²) in [5.74, 6) is -1.97. The zero-order valence-electron chi connectivity index (χ0n) is 12.9. The molecule has 0 bridgehead atoms. The Bertz CT molecular complexity index is 618. The molecule has 24 heavy (non-hydrogen) atoms. The van der Waals surface area contributed by atoms with E-state index in [1.165, 1.54) is 25.3 Å². The standard InChI is InChI=1S/C14H17N3O7/c1-23-6-5-15-12(18)9-24-13(19)8-16-14(20)10-3-2-4-11(7-10)17(21)22/h2-4,7H,5-6,8-9H2,1H3,(H,15,18)(H,16,20). The molecular formula is C14H17N3O7. The summed E-state index contributed by atoms with van der Waals surface area (Å²) in [6.07, 6.45) is 0. The Morgan fingerprint density at radius 3 is 2.67 bits per heavy atom. The van der Waals surface area contributed by atoms with Crippen LogP contribution in [0.3, 0.4) is 0 Å². The average molecular weight is 339 g/mol. The molecule has 10 nitrogen and oxygen atoms in total. The maximum atomic E-state index is 11.8. The Labute approximate surface area is 137 Å². The second-order valence-electron chi connectivity index (χ2n) is 4.49. The van der Waals surface area contributed by atoms with Crippen molar-refractivity contribution in [2.45, 2.75) is 0 Å². The van der Waals surface area contributed by atoms with Gasteiger partial charge in [-0.1, -0.05) is 6.07 Å². The Morgan fingerprint density at radius 2 is 2.00 bits per heavy atom. The third-order valence-electron chi connectivity index (χ3n) is 2.71. The van der Waals surface area contributed by atoms with E-state index in [2.05, 4.69) is 15.4 Å². The number of hydrogen-bond donors (Lipinski definition) is 2. The summed E-state index contributed by atoms with van der Waals surface area (Å²) in [4.78, 5) is 44.5. The van der Waals surface area contributed by atoms with Crippen LogP contribution in [0.25, 0.3) is 0 Å². The Balaban J connectivity index is 2.36. The molecule has 130 valence electrons. The Kier molecular flexibility index (Phi) is 7.85. The molecule has 0 aliphatic rings. The molecule has 0 radical (unpaired) electrons. The van der Waals surface area contributed by atoms with Crippen molar-refractivity contribution >= 4 is 23.5 Å². The fraction of sp³-hybridized carbons (Fsp3) is 0.357. The molecule has 10 heteroatoms. The molecule has 0 spiro atoms. The molecular weight excluding hydrogens is 322 g/mol. The highest BCUT2D eigenvalue weighted by Gasteiger charge is 2.13. The number of nitrogens with one attached hydrogen (secondary N) is 2. The first-order valence-corrected chi connectivity index (χ1v) is 6.88. The Morgan fingerprint density at radius 1 is 1.25 bits per heavy atom. The zero-order chi connectivity index (χ0) is 17.9. The summed E-state index contributed by atoms with van der Waals surface area (Å²) in [6, 6.07) is 5.06. The molecule has 0 unspecified atom stereocenters. The van der Waals surface area contributed by atoms with Gasteiger partial charge in [0.1, 0.15) is 6.54 Å². The van der Waals surface area contributed by atoms with Gasteiger partial charge in [-0.25, -0.2) is 0 Å². The van der Waals surface area contributed by atoms with E-state index in [0.29, 0.717) is 6.61 Å².